The molecule has 1 aromatic carbocycles. The fraction of sp³-hybridized carbons (Fsp3) is 0.364. The van der Waals surface area contributed by atoms with Crippen molar-refractivity contribution in [1.82, 2.24) is 0 Å². The van der Waals surface area contributed by atoms with Crippen molar-refractivity contribution in [3.05, 3.63) is 34.6 Å². The van der Waals surface area contributed by atoms with Crippen LogP contribution in [0.5, 0.6) is 0 Å². The molecule has 1 atom stereocenters. The molecule has 0 saturated carbocycles. The van der Waals surface area contributed by atoms with Crippen LogP contribution in [-0.4, -0.2) is 0 Å². The third-order valence-corrected chi connectivity index (χ3v) is 2.72. The summed E-state index contributed by atoms with van der Waals surface area (Å²) in [7, 11) is 0. The minimum absolute atomic E-state index is 0.0815. The molecule has 0 heterocycles. The molecule has 0 N–H and O–H groups in total. The van der Waals surface area contributed by atoms with E-state index in [-0.39, 0.29) is 6.42 Å². The van der Waals surface area contributed by atoms with Crippen LogP contribution in [0, 0.1) is 40.4 Å². The van der Waals surface area contributed by atoms with Crippen LogP contribution in [0.25, 0.3) is 0 Å². The maximum absolute atomic E-state index is 13.4. The number of hydrogen-bond acceptors (Lipinski definition) is 1. The van der Waals surface area contributed by atoms with E-state index in [0.717, 1.165) is 6.92 Å². The van der Waals surface area contributed by atoms with Crippen molar-refractivity contribution in [2.75, 3.05) is 0 Å². The Morgan fingerprint density at radius 3 is 1.59 bits per heavy atom. The first kappa shape index (κ1) is 13.4. The predicted molar refractivity (Wildman–Crippen MR) is 49.5 cm³/mol. The minimum atomic E-state index is -2.22. The lowest BCUT2D eigenvalue weighted by molar-refractivity contribution is 0.354. The summed E-state index contributed by atoms with van der Waals surface area (Å²) >= 11 is 0. The van der Waals surface area contributed by atoms with Crippen molar-refractivity contribution in [3.8, 4) is 6.07 Å². The second-order valence-corrected chi connectivity index (χ2v) is 3.74. The van der Waals surface area contributed by atoms with Gasteiger partial charge in [0.1, 0.15) is 0 Å². The lowest BCUT2D eigenvalue weighted by Crippen LogP contribution is -2.24. The summed E-state index contributed by atoms with van der Waals surface area (Å²) in [5, 5.41) is 8.82. The Balaban J connectivity index is 3.73. The van der Waals surface area contributed by atoms with Gasteiger partial charge in [0.2, 0.25) is 5.82 Å². The highest BCUT2D eigenvalue weighted by molar-refractivity contribution is 5.35. The van der Waals surface area contributed by atoms with Crippen molar-refractivity contribution in [2.24, 2.45) is 0 Å². The Morgan fingerprint density at radius 1 is 0.941 bits per heavy atom. The molecule has 1 unspecified atom stereocenters. The Kier molecular flexibility index (Phi) is 3.41. The van der Waals surface area contributed by atoms with Crippen molar-refractivity contribution in [3.63, 3.8) is 0 Å². The van der Waals surface area contributed by atoms with Crippen LogP contribution < -0.4 is 0 Å². The van der Waals surface area contributed by atoms with Gasteiger partial charge in [0, 0.05) is 5.56 Å². The average Bonchev–Trinajstić information content (AvgIpc) is 2.33. The zero-order chi connectivity index (χ0) is 13.4. The SMILES string of the molecule is CCC(C)(C#N)c1c(F)c(F)c(F)c(F)c1F. The number of nitrogens with zero attached hydrogens (tertiary/aromatic N) is 1. The van der Waals surface area contributed by atoms with Crippen LogP contribution >= 0.6 is 0 Å². The molecule has 17 heavy (non-hydrogen) atoms. The third-order valence-electron chi connectivity index (χ3n) is 2.72. The van der Waals surface area contributed by atoms with Gasteiger partial charge in [0.05, 0.1) is 11.5 Å². The van der Waals surface area contributed by atoms with E-state index in [4.69, 9.17) is 5.26 Å². The molecule has 0 aromatic heterocycles. The molecule has 0 spiro atoms. The Labute approximate surface area is 94.5 Å². The molecule has 0 amide bonds. The largest absolute Gasteiger partial charge is 0.203 e. The standard InChI is InChI=1S/C11H8F5N/c1-3-11(2,4-17)5-6(12)8(14)10(16)9(15)7(5)13/h3H2,1-2H3. The van der Waals surface area contributed by atoms with E-state index in [1.54, 1.807) is 6.07 Å². The van der Waals surface area contributed by atoms with Gasteiger partial charge in [0.25, 0.3) is 0 Å². The zero-order valence-corrected chi connectivity index (χ0v) is 9.04. The van der Waals surface area contributed by atoms with E-state index < -0.39 is 40.1 Å². The lowest BCUT2D eigenvalue weighted by atomic mass is 9.80. The molecular weight excluding hydrogens is 241 g/mol. The molecule has 0 radical (unpaired) electrons. The second kappa shape index (κ2) is 4.32. The lowest BCUT2D eigenvalue weighted by Gasteiger charge is -2.21. The molecule has 1 nitrogen and oxygen atoms in total. The molecule has 6 heteroatoms. The smallest absolute Gasteiger partial charge is 0.200 e. The summed E-state index contributed by atoms with van der Waals surface area (Å²) in [5.41, 5.74) is -2.84. The Morgan fingerprint density at radius 2 is 1.29 bits per heavy atom. The summed E-state index contributed by atoms with van der Waals surface area (Å²) in [6.07, 6.45) is -0.0815. The normalized spacial score (nSPS) is 14.2. The Hall–Kier alpha value is -1.64. The van der Waals surface area contributed by atoms with Gasteiger partial charge in [-0.25, -0.2) is 22.0 Å². The van der Waals surface area contributed by atoms with Crippen LogP contribution in [-0.2, 0) is 5.41 Å². The van der Waals surface area contributed by atoms with Crippen LogP contribution in [0.3, 0.4) is 0 Å². The van der Waals surface area contributed by atoms with Crippen molar-refractivity contribution < 1.29 is 22.0 Å². The number of rotatable bonds is 2. The number of nitriles is 1. The van der Waals surface area contributed by atoms with Crippen molar-refractivity contribution in [2.45, 2.75) is 25.7 Å². The van der Waals surface area contributed by atoms with Crippen molar-refractivity contribution in [1.29, 1.82) is 5.26 Å². The van der Waals surface area contributed by atoms with Crippen molar-refractivity contribution >= 4 is 0 Å². The van der Waals surface area contributed by atoms with Crippen LogP contribution in [0.4, 0.5) is 22.0 Å². The van der Waals surface area contributed by atoms with E-state index in [2.05, 4.69) is 0 Å². The van der Waals surface area contributed by atoms with Crippen LogP contribution in [0.1, 0.15) is 25.8 Å². The zero-order valence-electron chi connectivity index (χ0n) is 9.04. The van der Waals surface area contributed by atoms with E-state index in [1.165, 1.54) is 6.92 Å². The summed E-state index contributed by atoms with van der Waals surface area (Å²) in [5.74, 6) is -10.2. The van der Waals surface area contributed by atoms with Crippen LogP contribution in [0.2, 0.25) is 0 Å². The first-order valence-electron chi connectivity index (χ1n) is 4.73. The summed E-state index contributed by atoms with van der Waals surface area (Å²) < 4.78 is 65.5. The maximum Gasteiger partial charge on any atom is 0.200 e. The van der Waals surface area contributed by atoms with Crippen LogP contribution in [0.15, 0.2) is 0 Å². The van der Waals surface area contributed by atoms with Gasteiger partial charge in [-0.05, 0) is 13.3 Å². The van der Waals surface area contributed by atoms with E-state index >= 15 is 0 Å². The number of halogens is 5. The van der Waals surface area contributed by atoms with E-state index in [0.29, 0.717) is 0 Å². The van der Waals surface area contributed by atoms with E-state index in [9.17, 15) is 22.0 Å². The van der Waals surface area contributed by atoms with Gasteiger partial charge in [-0.3, -0.25) is 0 Å². The summed E-state index contributed by atoms with van der Waals surface area (Å²) in [6.45, 7) is 2.53. The fourth-order valence-corrected chi connectivity index (χ4v) is 1.40. The molecule has 0 fully saturated rings. The average molecular weight is 249 g/mol. The van der Waals surface area contributed by atoms with E-state index in [1.807, 2.05) is 0 Å². The first-order valence-corrected chi connectivity index (χ1v) is 4.73. The molecule has 0 saturated heterocycles. The van der Waals surface area contributed by atoms with Gasteiger partial charge in [-0.2, -0.15) is 5.26 Å². The first-order chi connectivity index (χ1) is 7.80. The second-order valence-electron chi connectivity index (χ2n) is 3.74. The number of benzene rings is 1. The molecular formula is C11H8F5N. The minimum Gasteiger partial charge on any atom is -0.203 e. The van der Waals surface area contributed by atoms with Gasteiger partial charge in [-0.1, -0.05) is 6.92 Å². The van der Waals surface area contributed by atoms with Gasteiger partial charge in [-0.15, -0.1) is 0 Å². The third kappa shape index (κ3) is 1.86. The maximum atomic E-state index is 13.4. The molecule has 0 aliphatic heterocycles. The topological polar surface area (TPSA) is 23.8 Å². The highest BCUT2D eigenvalue weighted by Crippen LogP contribution is 2.34. The highest BCUT2D eigenvalue weighted by atomic mass is 19.2. The molecule has 1 rings (SSSR count). The molecule has 92 valence electrons. The van der Waals surface area contributed by atoms with Gasteiger partial charge < -0.3 is 0 Å². The number of hydrogen-bond donors (Lipinski definition) is 0. The predicted octanol–water partition coefficient (Wildman–Crippen LogP) is 3.57. The quantitative estimate of drug-likeness (QED) is 0.446. The summed E-state index contributed by atoms with van der Waals surface area (Å²) in [6, 6.07) is 1.56. The fourth-order valence-electron chi connectivity index (χ4n) is 1.40. The van der Waals surface area contributed by atoms with Gasteiger partial charge >= 0.3 is 0 Å². The monoisotopic (exact) mass is 249 g/mol. The molecule has 1 aromatic rings. The Bertz CT molecular complexity index is 477. The van der Waals surface area contributed by atoms with Gasteiger partial charge in [0.15, 0.2) is 23.3 Å². The highest BCUT2D eigenvalue weighted by Gasteiger charge is 2.37. The molecule has 0 bridgehead atoms. The molecule has 0 aliphatic carbocycles. The summed E-state index contributed by atoms with van der Waals surface area (Å²) in [4.78, 5) is 0. The molecule has 0 aliphatic rings.